The average Bonchev–Trinajstić information content (AvgIpc) is 2.36. The number of urea groups is 1. The van der Waals surface area contributed by atoms with Gasteiger partial charge in [0.1, 0.15) is 0 Å². The van der Waals surface area contributed by atoms with Gasteiger partial charge in [-0.25, -0.2) is 4.79 Å². The zero-order valence-corrected chi connectivity index (χ0v) is 10.7. The Labute approximate surface area is 103 Å². The van der Waals surface area contributed by atoms with E-state index >= 15 is 0 Å². The summed E-state index contributed by atoms with van der Waals surface area (Å²) in [4.78, 5) is 22.5. The molecule has 0 saturated heterocycles. The van der Waals surface area contributed by atoms with E-state index in [1.165, 1.54) is 39.2 Å². The number of hydrogen-bond acceptors (Lipinski definition) is 3. The molecule has 98 valence electrons. The molecule has 1 atom stereocenters. The summed E-state index contributed by atoms with van der Waals surface area (Å²) in [5, 5.41) is 7.81. The molecule has 0 aromatic rings. The minimum atomic E-state index is -0.457. The van der Waals surface area contributed by atoms with Gasteiger partial charge in [0, 0.05) is 7.05 Å². The highest BCUT2D eigenvalue weighted by Gasteiger charge is 2.18. The number of amides is 3. The number of rotatable bonds is 4. The molecular weight excluding hydrogens is 218 g/mol. The van der Waals surface area contributed by atoms with Crippen LogP contribution in [0, 0.1) is 5.92 Å². The first kappa shape index (κ1) is 14.0. The van der Waals surface area contributed by atoms with Crippen LogP contribution in [0.4, 0.5) is 4.79 Å². The molecular formula is C12H23N3O2. The molecule has 3 amide bonds. The van der Waals surface area contributed by atoms with Crippen LogP contribution in [0.2, 0.25) is 0 Å². The van der Waals surface area contributed by atoms with E-state index in [1.807, 2.05) is 0 Å². The monoisotopic (exact) mass is 241 g/mol. The van der Waals surface area contributed by atoms with Crippen LogP contribution >= 0.6 is 0 Å². The number of nitrogens with one attached hydrogen (secondary N) is 3. The summed E-state index contributed by atoms with van der Waals surface area (Å²) in [6.45, 7) is 2.64. The lowest BCUT2D eigenvalue weighted by Crippen LogP contribution is -2.48. The fourth-order valence-electron chi connectivity index (χ4n) is 2.11. The van der Waals surface area contributed by atoms with Crippen molar-refractivity contribution in [1.29, 1.82) is 0 Å². The van der Waals surface area contributed by atoms with Crippen LogP contribution in [0.15, 0.2) is 0 Å². The molecule has 0 aromatic heterocycles. The molecule has 0 aliphatic heterocycles. The van der Waals surface area contributed by atoms with Crippen molar-refractivity contribution >= 4 is 11.9 Å². The predicted octanol–water partition coefficient (Wildman–Crippen LogP) is 1.00. The molecule has 17 heavy (non-hydrogen) atoms. The SMILES string of the molecule is CNC(=O)NC(=O)C(C)NCC1CCCCC1. The Kier molecular flexibility index (Phi) is 5.97. The van der Waals surface area contributed by atoms with Gasteiger partial charge in [0.15, 0.2) is 0 Å². The Morgan fingerprint density at radius 3 is 2.47 bits per heavy atom. The van der Waals surface area contributed by atoms with E-state index < -0.39 is 6.03 Å². The molecule has 1 aliphatic carbocycles. The normalized spacial score (nSPS) is 18.5. The standard InChI is InChI=1S/C12H23N3O2/c1-9(11(16)15-12(17)13-2)14-8-10-6-4-3-5-7-10/h9-10,14H,3-8H2,1-2H3,(H2,13,15,16,17). The molecule has 5 heteroatoms. The summed E-state index contributed by atoms with van der Waals surface area (Å²) in [6, 6.07) is -0.782. The zero-order chi connectivity index (χ0) is 12.7. The van der Waals surface area contributed by atoms with Gasteiger partial charge < -0.3 is 10.6 Å². The number of carbonyl (C=O) groups excluding carboxylic acids is 2. The van der Waals surface area contributed by atoms with Crippen molar-refractivity contribution in [3.63, 3.8) is 0 Å². The highest BCUT2D eigenvalue weighted by molar-refractivity contribution is 5.96. The molecule has 0 bridgehead atoms. The molecule has 1 fully saturated rings. The van der Waals surface area contributed by atoms with E-state index in [9.17, 15) is 9.59 Å². The summed E-state index contributed by atoms with van der Waals surface area (Å²) in [6.07, 6.45) is 6.42. The van der Waals surface area contributed by atoms with E-state index in [1.54, 1.807) is 6.92 Å². The lowest BCUT2D eigenvalue weighted by Gasteiger charge is -2.23. The van der Waals surface area contributed by atoms with Crippen LogP contribution in [0.25, 0.3) is 0 Å². The van der Waals surface area contributed by atoms with E-state index in [0.29, 0.717) is 5.92 Å². The Hall–Kier alpha value is -1.10. The predicted molar refractivity (Wildman–Crippen MR) is 66.6 cm³/mol. The summed E-state index contributed by atoms with van der Waals surface area (Å²) >= 11 is 0. The number of hydrogen-bond donors (Lipinski definition) is 3. The lowest BCUT2D eigenvalue weighted by atomic mass is 9.89. The van der Waals surface area contributed by atoms with Gasteiger partial charge in [-0.05, 0) is 32.2 Å². The van der Waals surface area contributed by atoms with Crippen LogP contribution in [-0.2, 0) is 4.79 Å². The van der Waals surface area contributed by atoms with Gasteiger partial charge in [-0.1, -0.05) is 19.3 Å². The van der Waals surface area contributed by atoms with Crippen LogP contribution in [-0.4, -0.2) is 31.6 Å². The molecule has 0 heterocycles. The molecule has 0 radical (unpaired) electrons. The maximum atomic E-state index is 11.6. The van der Waals surface area contributed by atoms with E-state index in [-0.39, 0.29) is 11.9 Å². The van der Waals surface area contributed by atoms with E-state index in [0.717, 1.165) is 6.54 Å². The van der Waals surface area contributed by atoms with Gasteiger partial charge in [-0.3, -0.25) is 10.1 Å². The molecule has 3 N–H and O–H groups in total. The maximum absolute atomic E-state index is 11.6. The van der Waals surface area contributed by atoms with Gasteiger partial charge in [-0.2, -0.15) is 0 Å². The third-order valence-corrected chi connectivity index (χ3v) is 3.29. The minimum Gasteiger partial charge on any atom is -0.341 e. The van der Waals surface area contributed by atoms with Crippen LogP contribution in [0.5, 0.6) is 0 Å². The van der Waals surface area contributed by atoms with Gasteiger partial charge in [0.2, 0.25) is 5.91 Å². The van der Waals surface area contributed by atoms with Crippen LogP contribution in [0.1, 0.15) is 39.0 Å². The first-order valence-electron chi connectivity index (χ1n) is 6.39. The van der Waals surface area contributed by atoms with E-state index in [4.69, 9.17) is 0 Å². The van der Waals surface area contributed by atoms with E-state index in [2.05, 4.69) is 16.0 Å². The van der Waals surface area contributed by atoms with Gasteiger partial charge in [0.05, 0.1) is 6.04 Å². The minimum absolute atomic E-state index is 0.278. The van der Waals surface area contributed by atoms with Crippen molar-refractivity contribution in [3.8, 4) is 0 Å². The second-order valence-electron chi connectivity index (χ2n) is 4.70. The van der Waals surface area contributed by atoms with Crippen molar-refractivity contribution in [2.45, 2.75) is 45.1 Å². The molecule has 1 rings (SSSR count). The molecule has 0 aromatic carbocycles. The van der Waals surface area contributed by atoms with Crippen molar-refractivity contribution in [3.05, 3.63) is 0 Å². The number of carbonyl (C=O) groups is 2. The highest BCUT2D eigenvalue weighted by Crippen LogP contribution is 2.22. The van der Waals surface area contributed by atoms with Crippen molar-refractivity contribution in [2.75, 3.05) is 13.6 Å². The third-order valence-electron chi connectivity index (χ3n) is 3.29. The summed E-state index contributed by atoms with van der Waals surface area (Å²) < 4.78 is 0. The second kappa shape index (κ2) is 7.27. The van der Waals surface area contributed by atoms with Gasteiger partial charge in [-0.15, -0.1) is 0 Å². The fourth-order valence-corrected chi connectivity index (χ4v) is 2.11. The quantitative estimate of drug-likeness (QED) is 0.687. The second-order valence-corrected chi connectivity index (χ2v) is 4.70. The van der Waals surface area contributed by atoms with Crippen molar-refractivity contribution in [1.82, 2.24) is 16.0 Å². The Balaban J connectivity index is 2.21. The van der Waals surface area contributed by atoms with Gasteiger partial charge in [0.25, 0.3) is 0 Å². The molecule has 5 nitrogen and oxygen atoms in total. The summed E-state index contributed by atoms with van der Waals surface area (Å²) in [7, 11) is 1.49. The first-order valence-corrected chi connectivity index (χ1v) is 6.39. The Morgan fingerprint density at radius 2 is 1.88 bits per heavy atom. The third kappa shape index (κ3) is 5.17. The average molecular weight is 241 g/mol. The fraction of sp³-hybridized carbons (Fsp3) is 0.833. The van der Waals surface area contributed by atoms with Crippen LogP contribution in [0.3, 0.4) is 0 Å². The molecule has 0 spiro atoms. The summed E-state index contributed by atoms with van der Waals surface area (Å²) in [5.74, 6) is 0.402. The Bertz CT molecular complexity index is 262. The largest absolute Gasteiger partial charge is 0.341 e. The Morgan fingerprint density at radius 1 is 1.24 bits per heavy atom. The number of imide groups is 1. The van der Waals surface area contributed by atoms with Crippen molar-refractivity contribution < 1.29 is 9.59 Å². The molecule has 1 aliphatic rings. The lowest BCUT2D eigenvalue weighted by molar-refractivity contribution is -0.121. The summed E-state index contributed by atoms with van der Waals surface area (Å²) in [5.41, 5.74) is 0. The van der Waals surface area contributed by atoms with Crippen LogP contribution < -0.4 is 16.0 Å². The maximum Gasteiger partial charge on any atom is 0.321 e. The molecule has 1 saturated carbocycles. The highest BCUT2D eigenvalue weighted by atomic mass is 16.2. The zero-order valence-electron chi connectivity index (χ0n) is 10.7. The van der Waals surface area contributed by atoms with Gasteiger partial charge >= 0.3 is 6.03 Å². The van der Waals surface area contributed by atoms with Crippen molar-refractivity contribution in [2.24, 2.45) is 5.92 Å². The smallest absolute Gasteiger partial charge is 0.321 e. The molecule has 1 unspecified atom stereocenters. The first-order chi connectivity index (χ1) is 8.13. The topological polar surface area (TPSA) is 70.2 Å².